The van der Waals surface area contributed by atoms with Crippen molar-refractivity contribution in [1.82, 2.24) is 4.57 Å². The number of carboxylic acids is 2. The molecule has 0 saturated carbocycles. The van der Waals surface area contributed by atoms with Crippen LogP contribution in [0, 0.1) is 6.92 Å². The summed E-state index contributed by atoms with van der Waals surface area (Å²) in [6, 6.07) is 30.7. The van der Waals surface area contributed by atoms with Gasteiger partial charge in [0.15, 0.2) is 6.54 Å². The van der Waals surface area contributed by atoms with Crippen molar-refractivity contribution < 1.29 is 29.1 Å². The minimum atomic E-state index is -1.16. The number of allylic oxidation sites excluding steroid dienone is 1. The second-order valence-electron chi connectivity index (χ2n) is 13.2. The Bertz CT molecular complexity index is 2700. The van der Waals surface area contributed by atoms with E-state index in [1.54, 1.807) is 40.6 Å². The smallest absolute Gasteiger partial charge is 0.336 e. The maximum atomic E-state index is 14.7. The predicted molar refractivity (Wildman–Crippen MR) is 227 cm³/mol. The first kappa shape index (κ1) is 39.5. The molecule has 290 valence electrons. The molecule has 0 radical (unpaired) electrons. The summed E-state index contributed by atoms with van der Waals surface area (Å²) in [5.41, 5.74) is 5.56. The van der Waals surface area contributed by atoms with Gasteiger partial charge in [-0.05, 0) is 74.7 Å². The average molecular weight is 816 g/mol. The predicted octanol–water partition coefficient (Wildman–Crippen LogP) is 6.66. The molecule has 0 amide bonds. The Morgan fingerprint density at radius 2 is 1.54 bits per heavy atom. The number of nitrogens with zero attached hydrogens (tertiary/aromatic N) is 3. The van der Waals surface area contributed by atoms with E-state index in [1.165, 1.54) is 22.7 Å². The largest absolute Gasteiger partial charge is 0.550 e. The van der Waals surface area contributed by atoms with Crippen LogP contribution in [0.1, 0.15) is 53.7 Å². The lowest BCUT2D eigenvalue weighted by Gasteiger charge is -2.20. The van der Waals surface area contributed by atoms with Crippen LogP contribution in [0.15, 0.2) is 118 Å². The zero-order valence-electron chi connectivity index (χ0n) is 32.0. The molecule has 57 heavy (non-hydrogen) atoms. The summed E-state index contributed by atoms with van der Waals surface area (Å²) in [5, 5.41) is 23.9. The lowest BCUT2D eigenvalue weighted by Crippen LogP contribution is -2.40. The van der Waals surface area contributed by atoms with Crippen LogP contribution in [0.4, 0.5) is 5.69 Å². The summed E-state index contributed by atoms with van der Waals surface area (Å²) >= 11 is 4.39. The topological polar surface area (TPSA) is 116 Å². The van der Waals surface area contributed by atoms with Crippen molar-refractivity contribution in [2.45, 2.75) is 52.1 Å². The maximum absolute atomic E-state index is 14.7. The average Bonchev–Trinajstić information content (AvgIpc) is 3.86. The fourth-order valence-corrected chi connectivity index (χ4v) is 10.8. The standard InChI is InChI=1S/C45H41N3O6S3/c1-5-46-34-26-35(54-7-3)28(4)24-36(34)55-37(46)25-33(31-20-14-15-21-32(31)45(52)53)43-44(51)47(6-2)38(57-43)27-39-48(23-22-40(49)50)41(29-16-10-8-11-17-29)42(56-39)30-18-12-9-13-19-30/h8-21,24-27H,5-7,22-23H2,1-4H3,(H-,49,50,52,53)/b37-25-,43-33-. The lowest BCUT2D eigenvalue weighted by atomic mass is 9.99. The first-order chi connectivity index (χ1) is 27.6. The highest BCUT2D eigenvalue weighted by molar-refractivity contribution is 8.03. The van der Waals surface area contributed by atoms with Crippen LogP contribution >= 0.6 is 34.4 Å². The number of aryl methyl sites for hydroxylation is 1. The van der Waals surface area contributed by atoms with Crippen LogP contribution in [0.3, 0.4) is 0 Å². The SMILES string of the molecule is CCOc1cc2c(cc1C)S/C(=C\C(c1ccccc1C(=O)O)=c1\sc(=Cc3sc(-c4ccccc4)c(-c4ccccc4)[n+]3CCC(=O)[O-])n(CC)c1=O)N2CC. The first-order valence-corrected chi connectivity index (χ1v) is 21.2. The minimum absolute atomic E-state index is 0.0853. The van der Waals surface area contributed by atoms with Gasteiger partial charge < -0.3 is 24.6 Å². The molecule has 0 fully saturated rings. The number of carboxylic acid groups (broad SMARTS) is 2. The second-order valence-corrected chi connectivity index (χ2v) is 16.3. The zero-order valence-corrected chi connectivity index (χ0v) is 34.4. The quantitative estimate of drug-likeness (QED) is 0.129. The molecule has 0 spiro atoms. The molecule has 0 saturated heterocycles. The van der Waals surface area contributed by atoms with Crippen LogP contribution in [0.5, 0.6) is 5.75 Å². The molecule has 4 aromatic carbocycles. The van der Waals surface area contributed by atoms with E-state index in [2.05, 4.69) is 17.9 Å². The molecule has 9 nitrogen and oxygen atoms in total. The van der Waals surface area contributed by atoms with E-state index in [0.717, 1.165) is 53.6 Å². The number of carbonyl (C=O) groups excluding carboxylic acids is 1. The van der Waals surface area contributed by atoms with E-state index in [4.69, 9.17) is 4.74 Å². The van der Waals surface area contributed by atoms with Gasteiger partial charge in [-0.1, -0.05) is 89.8 Å². The normalized spacial score (nSPS) is 13.9. The lowest BCUT2D eigenvalue weighted by molar-refractivity contribution is -0.682. The maximum Gasteiger partial charge on any atom is 0.336 e. The summed E-state index contributed by atoms with van der Waals surface area (Å²) in [7, 11) is 0. The number of anilines is 1. The van der Waals surface area contributed by atoms with Crippen molar-refractivity contribution in [3.63, 3.8) is 0 Å². The highest BCUT2D eigenvalue weighted by Gasteiger charge is 2.30. The van der Waals surface area contributed by atoms with Gasteiger partial charge in [0.05, 0.1) is 29.0 Å². The minimum Gasteiger partial charge on any atom is -0.550 e. The fourth-order valence-electron chi connectivity index (χ4n) is 7.02. The molecule has 0 unspecified atom stereocenters. The fraction of sp³-hybridized carbons (Fsp3) is 0.200. The first-order valence-electron chi connectivity index (χ1n) is 18.7. The van der Waals surface area contributed by atoms with Gasteiger partial charge in [0.2, 0.25) is 5.69 Å². The van der Waals surface area contributed by atoms with Crippen molar-refractivity contribution in [2.24, 2.45) is 0 Å². The van der Waals surface area contributed by atoms with Crippen LogP contribution in [0.2, 0.25) is 0 Å². The van der Waals surface area contributed by atoms with Gasteiger partial charge in [0.1, 0.15) is 19.8 Å². The number of aromatic nitrogens is 2. The highest BCUT2D eigenvalue weighted by Crippen LogP contribution is 2.49. The Kier molecular flexibility index (Phi) is 11.9. The third-order valence-electron chi connectivity index (χ3n) is 9.66. The van der Waals surface area contributed by atoms with Crippen molar-refractivity contribution in [1.29, 1.82) is 0 Å². The summed E-state index contributed by atoms with van der Waals surface area (Å²) in [5.74, 6) is -1.45. The number of thioether (sulfide) groups is 1. The van der Waals surface area contributed by atoms with Crippen LogP contribution in [0.25, 0.3) is 33.3 Å². The third kappa shape index (κ3) is 7.98. The Balaban J connectivity index is 1.52. The van der Waals surface area contributed by atoms with Crippen molar-refractivity contribution >= 4 is 63.7 Å². The van der Waals surface area contributed by atoms with Gasteiger partial charge in [-0.2, -0.15) is 4.57 Å². The van der Waals surface area contributed by atoms with E-state index in [-0.39, 0.29) is 24.1 Å². The number of hydrogen-bond acceptors (Lipinski definition) is 9. The molecule has 7 rings (SSSR count). The molecular formula is C45H41N3O6S3. The third-order valence-corrected chi connectivity index (χ3v) is 13.1. The number of rotatable bonds is 13. The molecular weight excluding hydrogens is 775 g/mol. The van der Waals surface area contributed by atoms with Crippen LogP contribution < -0.4 is 34.1 Å². The number of benzene rings is 4. The van der Waals surface area contributed by atoms with E-state index in [9.17, 15) is 24.6 Å². The van der Waals surface area contributed by atoms with Gasteiger partial charge in [-0.3, -0.25) is 9.36 Å². The second kappa shape index (κ2) is 17.2. The monoisotopic (exact) mass is 815 g/mol. The number of carbonyl (C=O) groups is 2. The van der Waals surface area contributed by atoms with Crippen molar-refractivity contribution in [2.75, 3.05) is 18.1 Å². The van der Waals surface area contributed by atoms with Gasteiger partial charge in [-0.25, -0.2) is 4.79 Å². The van der Waals surface area contributed by atoms with E-state index in [1.807, 2.05) is 104 Å². The van der Waals surface area contributed by atoms with Crippen molar-refractivity contribution in [3.8, 4) is 27.4 Å². The molecule has 1 aliphatic heterocycles. The van der Waals surface area contributed by atoms with E-state index in [0.29, 0.717) is 40.0 Å². The number of ether oxygens (including phenoxy) is 1. The highest BCUT2D eigenvalue weighted by atomic mass is 32.2. The number of aromatic carboxylic acids is 1. The Hall–Kier alpha value is -5.69. The van der Waals surface area contributed by atoms with Crippen LogP contribution in [-0.2, 0) is 17.9 Å². The number of aliphatic carboxylic acids is 1. The van der Waals surface area contributed by atoms with Gasteiger partial charge in [0.25, 0.3) is 10.6 Å². The Morgan fingerprint density at radius 1 is 0.877 bits per heavy atom. The van der Waals surface area contributed by atoms with Crippen LogP contribution in [-0.4, -0.2) is 34.8 Å². The van der Waals surface area contributed by atoms with Gasteiger partial charge >= 0.3 is 5.97 Å². The zero-order chi connectivity index (χ0) is 40.2. The summed E-state index contributed by atoms with van der Waals surface area (Å²) in [4.78, 5) is 43.4. The molecule has 0 aliphatic carbocycles. The van der Waals surface area contributed by atoms with Crippen molar-refractivity contribution in [3.05, 3.63) is 149 Å². The Labute approximate surface area is 342 Å². The molecule has 6 aromatic rings. The summed E-state index contributed by atoms with van der Waals surface area (Å²) in [6.45, 7) is 9.61. The van der Waals surface area contributed by atoms with E-state index >= 15 is 0 Å². The number of hydrogen-bond donors (Lipinski definition) is 1. The van der Waals surface area contributed by atoms with Gasteiger partial charge in [-0.15, -0.1) is 11.3 Å². The molecule has 2 aromatic heterocycles. The molecule has 1 N–H and O–H groups in total. The summed E-state index contributed by atoms with van der Waals surface area (Å²) < 4.78 is 10.7. The molecule has 0 bridgehead atoms. The Morgan fingerprint density at radius 3 is 2.18 bits per heavy atom. The molecule has 12 heteroatoms. The summed E-state index contributed by atoms with van der Waals surface area (Å²) in [6.07, 6.45) is 3.68. The van der Waals surface area contributed by atoms with E-state index < -0.39 is 11.9 Å². The molecule has 0 atom stereocenters. The molecule has 1 aliphatic rings. The molecule has 3 heterocycles. The number of thiazole rings is 2. The number of fused-ring (bicyclic) bond motifs is 1. The van der Waals surface area contributed by atoms with Gasteiger partial charge in [0, 0.05) is 47.6 Å².